The molecular formula is C20H23ClN2O2. The van der Waals surface area contributed by atoms with Crippen LogP contribution in [0.3, 0.4) is 0 Å². The van der Waals surface area contributed by atoms with E-state index in [9.17, 15) is 4.79 Å². The van der Waals surface area contributed by atoms with Crippen LogP contribution >= 0.6 is 11.6 Å². The van der Waals surface area contributed by atoms with Crippen molar-refractivity contribution in [3.63, 3.8) is 0 Å². The average molecular weight is 359 g/mol. The number of rotatable bonds is 6. The Morgan fingerprint density at radius 1 is 1.44 bits per heavy atom. The maximum absolute atomic E-state index is 12.8. The van der Waals surface area contributed by atoms with Crippen LogP contribution in [-0.4, -0.2) is 43.6 Å². The molecule has 0 spiro atoms. The van der Waals surface area contributed by atoms with E-state index < -0.39 is 0 Å². The number of methoxy groups -OCH3 is 1. The van der Waals surface area contributed by atoms with E-state index in [1.807, 2.05) is 30.3 Å². The summed E-state index contributed by atoms with van der Waals surface area (Å²) in [6, 6.07) is 9.71. The normalized spacial score (nSPS) is 17.6. The number of nitrogens with zero attached hydrogens (tertiary/aromatic N) is 1. The Labute approximate surface area is 153 Å². The summed E-state index contributed by atoms with van der Waals surface area (Å²) in [5.74, 6) is 0.404. The topological polar surface area (TPSA) is 41.6 Å². The van der Waals surface area contributed by atoms with Crippen LogP contribution in [0.25, 0.3) is 10.8 Å². The standard InChI is InChI=1S/C20H23ClN2O2/c1-3-10-23-11-6-7-14(23)13-22-20(24)17-12-18(21)15-8-4-5-9-16(15)19(17)25-2/h3-5,8-9,12,14H,1,6-7,10-11,13H2,2H3,(H,22,24). The van der Waals surface area contributed by atoms with Gasteiger partial charge in [-0.1, -0.05) is 41.9 Å². The largest absolute Gasteiger partial charge is 0.495 e. The Morgan fingerprint density at radius 3 is 2.92 bits per heavy atom. The summed E-state index contributed by atoms with van der Waals surface area (Å²) in [4.78, 5) is 15.1. The molecule has 1 aliphatic heterocycles. The molecule has 1 N–H and O–H groups in total. The van der Waals surface area contributed by atoms with Gasteiger partial charge in [0.1, 0.15) is 5.75 Å². The fourth-order valence-corrected chi connectivity index (χ4v) is 3.81. The lowest BCUT2D eigenvalue weighted by atomic mass is 10.0. The van der Waals surface area contributed by atoms with Crippen LogP contribution in [0.2, 0.25) is 5.02 Å². The predicted octanol–water partition coefficient (Wildman–Crippen LogP) is 3.88. The lowest BCUT2D eigenvalue weighted by Crippen LogP contribution is -2.40. The molecule has 2 aromatic carbocycles. The van der Waals surface area contributed by atoms with Crippen LogP contribution < -0.4 is 10.1 Å². The van der Waals surface area contributed by atoms with E-state index in [1.165, 1.54) is 0 Å². The molecule has 0 aliphatic carbocycles. The van der Waals surface area contributed by atoms with Crippen LogP contribution in [0.1, 0.15) is 23.2 Å². The zero-order valence-corrected chi connectivity index (χ0v) is 15.2. The lowest BCUT2D eigenvalue weighted by Gasteiger charge is -2.23. The van der Waals surface area contributed by atoms with Gasteiger partial charge in [0.25, 0.3) is 5.91 Å². The van der Waals surface area contributed by atoms with E-state index in [-0.39, 0.29) is 5.91 Å². The molecule has 1 aliphatic rings. The number of hydrogen-bond donors (Lipinski definition) is 1. The summed E-state index contributed by atoms with van der Waals surface area (Å²) in [7, 11) is 1.58. The molecule has 132 valence electrons. The molecule has 0 aromatic heterocycles. The second kappa shape index (κ2) is 7.89. The van der Waals surface area contributed by atoms with E-state index in [2.05, 4.69) is 16.8 Å². The molecule has 1 heterocycles. The van der Waals surface area contributed by atoms with Crippen molar-refractivity contribution in [2.24, 2.45) is 0 Å². The number of amides is 1. The van der Waals surface area contributed by atoms with E-state index in [4.69, 9.17) is 16.3 Å². The highest BCUT2D eigenvalue weighted by atomic mass is 35.5. The van der Waals surface area contributed by atoms with Gasteiger partial charge >= 0.3 is 0 Å². The number of carbonyl (C=O) groups excluding carboxylic acids is 1. The van der Waals surface area contributed by atoms with E-state index in [0.29, 0.717) is 28.9 Å². The van der Waals surface area contributed by atoms with E-state index in [1.54, 1.807) is 13.2 Å². The van der Waals surface area contributed by atoms with Crippen LogP contribution in [-0.2, 0) is 0 Å². The molecule has 4 nitrogen and oxygen atoms in total. The van der Waals surface area contributed by atoms with Gasteiger partial charge in [0.2, 0.25) is 0 Å². The van der Waals surface area contributed by atoms with Gasteiger partial charge in [0.05, 0.1) is 12.7 Å². The molecule has 1 atom stereocenters. The molecule has 1 unspecified atom stereocenters. The van der Waals surface area contributed by atoms with Crippen molar-refractivity contribution in [1.82, 2.24) is 10.2 Å². The minimum Gasteiger partial charge on any atom is -0.495 e. The summed E-state index contributed by atoms with van der Waals surface area (Å²) >= 11 is 6.37. The third kappa shape index (κ3) is 3.65. The van der Waals surface area contributed by atoms with Gasteiger partial charge in [-0.25, -0.2) is 0 Å². The van der Waals surface area contributed by atoms with Crippen molar-refractivity contribution >= 4 is 28.3 Å². The molecule has 0 radical (unpaired) electrons. The third-order valence-corrected chi connectivity index (χ3v) is 5.07. The van der Waals surface area contributed by atoms with E-state index >= 15 is 0 Å². The first-order chi connectivity index (χ1) is 12.2. The van der Waals surface area contributed by atoms with Crippen molar-refractivity contribution in [2.75, 3.05) is 26.7 Å². The van der Waals surface area contributed by atoms with Gasteiger partial charge in [-0.05, 0) is 25.5 Å². The summed E-state index contributed by atoms with van der Waals surface area (Å²) in [6.45, 7) is 6.32. The van der Waals surface area contributed by atoms with Gasteiger partial charge in [0.15, 0.2) is 0 Å². The highest BCUT2D eigenvalue weighted by Gasteiger charge is 2.25. The lowest BCUT2D eigenvalue weighted by molar-refractivity contribution is 0.0939. The number of halogens is 1. The number of likely N-dealkylation sites (tertiary alicyclic amines) is 1. The zero-order chi connectivity index (χ0) is 17.8. The Hall–Kier alpha value is -2.04. The van der Waals surface area contributed by atoms with Crippen LogP contribution in [0.4, 0.5) is 0 Å². The average Bonchev–Trinajstić information content (AvgIpc) is 3.07. The SMILES string of the molecule is C=CCN1CCCC1CNC(=O)c1cc(Cl)c2ccccc2c1OC. The molecule has 3 rings (SSSR count). The van der Waals surface area contributed by atoms with E-state index in [0.717, 1.165) is 36.7 Å². The monoisotopic (exact) mass is 358 g/mol. The van der Waals surface area contributed by atoms with Gasteiger partial charge in [-0.2, -0.15) is 0 Å². The maximum Gasteiger partial charge on any atom is 0.255 e. The van der Waals surface area contributed by atoms with Crippen molar-refractivity contribution in [3.8, 4) is 5.75 Å². The summed E-state index contributed by atoms with van der Waals surface area (Å²) < 4.78 is 5.52. The van der Waals surface area contributed by atoms with Gasteiger partial charge in [-0.3, -0.25) is 9.69 Å². The van der Waals surface area contributed by atoms with Crippen LogP contribution in [0, 0.1) is 0 Å². The molecule has 25 heavy (non-hydrogen) atoms. The second-order valence-electron chi connectivity index (χ2n) is 6.27. The number of nitrogens with one attached hydrogen (secondary N) is 1. The first kappa shape index (κ1) is 17.8. The predicted molar refractivity (Wildman–Crippen MR) is 103 cm³/mol. The summed E-state index contributed by atoms with van der Waals surface area (Å²) in [5.41, 5.74) is 0.472. The van der Waals surface area contributed by atoms with Gasteiger partial charge < -0.3 is 10.1 Å². The number of carbonyl (C=O) groups is 1. The number of benzene rings is 2. The molecule has 1 fully saturated rings. The van der Waals surface area contributed by atoms with Crippen LogP contribution in [0.15, 0.2) is 43.0 Å². The molecule has 0 saturated carbocycles. The Bertz CT molecular complexity index is 791. The number of hydrogen-bond acceptors (Lipinski definition) is 3. The van der Waals surface area contributed by atoms with Crippen LogP contribution in [0.5, 0.6) is 5.75 Å². The molecular weight excluding hydrogens is 336 g/mol. The van der Waals surface area contributed by atoms with Crippen molar-refractivity contribution in [1.29, 1.82) is 0 Å². The molecule has 1 saturated heterocycles. The first-order valence-corrected chi connectivity index (χ1v) is 8.92. The molecule has 0 bridgehead atoms. The smallest absolute Gasteiger partial charge is 0.255 e. The van der Waals surface area contributed by atoms with Gasteiger partial charge in [-0.15, -0.1) is 6.58 Å². The zero-order valence-electron chi connectivity index (χ0n) is 14.4. The van der Waals surface area contributed by atoms with Crippen molar-refractivity contribution in [2.45, 2.75) is 18.9 Å². The summed E-state index contributed by atoms with van der Waals surface area (Å²) in [5, 5.41) is 5.32. The highest BCUT2D eigenvalue weighted by molar-refractivity contribution is 6.36. The maximum atomic E-state index is 12.8. The second-order valence-corrected chi connectivity index (χ2v) is 6.68. The van der Waals surface area contributed by atoms with Crippen molar-refractivity contribution < 1.29 is 9.53 Å². The Kier molecular flexibility index (Phi) is 5.61. The third-order valence-electron chi connectivity index (χ3n) is 4.75. The fourth-order valence-electron chi connectivity index (χ4n) is 3.53. The molecule has 5 heteroatoms. The van der Waals surface area contributed by atoms with Crippen molar-refractivity contribution in [3.05, 3.63) is 53.6 Å². The highest BCUT2D eigenvalue weighted by Crippen LogP contribution is 2.35. The Morgan fingerprint density at radius 2 is 2.20 bits per heavy atom. The minimum absolute atomic E-state index is 0.157. The summed E-state index contributed by atoms with van der Waals surface area (Å²) in [6.07, 6.45) is 4.15. The number of ether oxygens (including phenoxy) is 1. The fraction of sp³-hybridized carbons (Fsp3) is 0.350. The number of fused-ring (bicyclic) bond motifs is 1. The minimum atomic E-state index is -0.157. The first-order valence-electron chi connectivity index (χ1n) is 8.54. The quantitative estimate of drug-likeness (QED) is 0.797. The molecule has 1 amide bonds. The van der Waals surface area contributed by atoms with Gasteiger partial charge in [0, 0.05) is 34.9 Å². The Balaban J connectivity index is 1.81. The molecule has 2 aromatic rings.